The van der Waals surface area contributed by atoms with Gasteiger partial charge in [-0.15, -0.1) is 0 Å². The fourth-order valence-electron chi connectivity index (χ4n) is 4.29. The van der Waals surface area contributed by atoms with Gasteiger partial charge < -0.3 is 40.9 Å². The van der Waals surface area contributed by atoms with Crippen molar-refractivity contribution in [3.8, 4) is 0 Å². The monoisotopic (exact) mass is 688 g/mol. The number of carbonyl (C=O) groups excluding carboxylic acids is 1. The van der Waals surface area contributed by atoms with Gasteiger partial charge in [-0.2, -0.15) is 8.42 Å². The third-order valence-electron chi connectivity index (χ3n) is 6.90. The van der Waals surface area contributed by atoms with E-state index >= 15 is 0 Å². The normalized spacial score (nSPS) is 11.6. The molecule has 0 aliphatic heterocycles. The summed E-state index contributed by atoms with van der Waals surface area (Å²) in [5.41, 5.74) is 0. The lowest BCUT2D eigenvalue weighted by Gasteiger charge is -2.09. The van der Waals surface area contributed by atoms with Crippen molar-refractivity contribution >= 4 is 22.1 Å². The minimum atomic E-state index is -4.82. The van der Waals surface area contributed by atoms with Crippen LogP contribution >= 0.6 is 0 Å². The van der Waals surface area contributed by atoms with Gasteiger partial charge in [0.2, 0.25) is 0 Å². The maximum atomic E-state index is 11.5. The zero-order valence-electron chi connectivity index (χ0n) is 28.5. The lowest BCUT2D eigenvalue weighted by Crippen LogP contribution is -2.32. The number of hydrogen-bond donors (Lipinski definition) is 8. The molecule has 0 aromatic heterocycles. The Hall–Kier alpha value is -1.39. The first kappa shape index (κ1) is 49.0. The molecule has 0 spiro atoms. The molecule has 8 N–H and O–H groups in total. The van der Waals surface area contributed by atoms with E-state index in [2.05, 4.69) is 17.6 Å². The fraction of sp³-hybridized carbons (Fsp3) is 0.938. The zero-order valence-corrected chi connectivity index (χ0v) is 29.3. The van der Waals surface area contributed by atoms with Crippen LogP contribution in [-0.4, -0.2) is 115 Å². The number of unbranched alkanes of at least 4 members (excludes halogenated alkanes) is 17. The van der Waals surface area contributed by atoms with Crippen molar-refractivity contribution in [1.29, 1.82) is 0 Å². The Morgan fingerprint density at radius 3 is 1.15 bits per heavy atom. The molecule has 0 aromatic rings. The summed E-state index contributed by atoms with van der Waals surface area (Å²) in [6.07, 6.45) is 21.8. The number of carboxylic acid groups (broad SMARTS) is 1. The van der Waals surface area contributed by atoms with Gasteiger partial charge in [0.25, 0.3) is 10.1 Å². The van der Waals surface area contributed by atoms with E-state index in [-0.39, 0.29) is 33.0 Å². The first-order valence-electron chi connectivity index (χ1n) is 17.3. The summed E-state index contributed by atoms with van der Waals surface area (Å²) in [5.74, 6) is -2.69. The van der Waals surface area contributed by atoms with Crippen molar-refractivity contribution in [2.24, 2.45) is 0 Å². The van der Waals surface area contributed by atoms with Crippen LogP contribution in [0.25, 0.3) is 0 Å². The molecule has 0 saturated carbocycles. The van der Waals surface area contributed by atoms with E-state index in [1.807, 2.05) is 0 Å². The van der Waals surface area contributed by atoms with Gasteiger partial charge in [-0.25, -0.2) is 0 Å². The summed E-state index contributed by atoms with van der Waals surface area (Å²) in [7, 11) is -4.82. The van der Waals surface area contributed by atoms with Crippen molar-refractivity contribution in [1.82, 2.24) is 10.6 Å². The van der Waals surface area contributed by atoms with Gasteiger partial charge in [-0.05, 0) is 6.42 Å². The van der Waals surface area contributed by atoms with Crippen molar-refractivity contribution in [2.45, 2.75) is 134 Å². The predicted octanol–water partition coefficient (Wildman–Crippen LogP) is 3.42. The first-order valence-corrected chi connectivity index (χ1v) is 18.8. The molecule has 0 aliphatic rings. The Morgan fingerprint density at radius 1 is 0.587 bits per heavy atom. The number of hydrogen-bond acceptors (Lipinski definition) is 11. The number of nitrogens with one attached hydrogen (secondary N) is 2. The average Bonchev–Trinajstić information content (AvgIpc) is 3.01. The Bertz CT molecular complexity index is 726. The molecule has 0 heterocycles. The van der Waals surface area contributed by atoms with Crippen LogP contribution in [0.1, 0.15) is 129 Å². The average molecular weight is 689 g/mol. The molecule has 1 unspecified atom stereocenters. The zero-order chi connectivity index (χ0) is 35.2. The van der Waals surface area contributed by atoms with Crippen LogP contribution in [0.5, 0.6) is 0 Å². The number of carboxylic acids is 1. The third kappa shape index (κ3) is 42.6. The van der Waals surface area contributed by atoms with Crippen molar-refractivity contribution in [3.05, 3.63) is 0 Å². The smallest absolute Gasteiger partial charge is 0.325 e. The highest BCUT2D eigenvalue weighted by Gasteiger charge is 2.33. The summed E-state index contributed by atoms with van der Waals surface area (Å²) in [6, 6.07) is 0. The quantitative estimate of drug-likeness (QED) is 0.0297. The lowest BCUT2D eigenvalue weighted by atomic mass is 10.0. The van der Waals surface area contributed by atoms with Gasteiger partial charge in [0, 0.05) is 26.2 Å². The van der Waals surface area contributed by atoms with Crippen LogP contribution < -0.4 is 10.6 Å². The fourth-order valence-corrected chi connectivity index (χ4v) is 4.89. The van der Waals surface area contributed by atoms with Crippen LogP contribution in [0.4, 0.5) is 0 Å². The Kier molecular flexibility index (Phi) is 42.4. The number of aliphatic hydroxyl groups is 4. The third-order valence-corrected chi connectivity index (χ3v) is 7.99. The molecule has 14 heteroatoms. The molecule has 278 valence electrons. The molecule has 0 bridgehead atoms. The van der Waals surface area contributed by atoms with Gasteiger partial charge in [-0.3, -0.25) is 14.1 Å². The van der Waals surface area contributed by atoms with Crippen molar-refractivity contribution in [3.63, 3.8) is 0 Å². The summed E-state index contributed by atoms with van der Waals surface area (Å²) in [6.45, 7) is 5.23. The summed E-state index contributed by atoms with van der Waals surface area (Å²) in [4.78, 5) is 22.3. The molecule has 0 aromatic carbocycles. The predicted molar refractivity (Wildman–Crippen MR) is 181 cm³/mol. The van der Waals surface area contributed by atoms with Crippen LogP contribution in [-0.2, 0) is 24.4 Å². The second kappa shape index (κ2) is 39.8. The molecular weight excluding hydrogens is 620 g/mol. The molecule has 0 saturated heterocycles. The van der Waals surface area contributed by atoms with Gasteiger partial charge in [0.05, 0.1) is 39.5 Å². The van der Waals surface area contributed by atoms with Crippen LogP contribution in [0, 0.1) is 0 Å². The number of ether oxygens (including phenoxy) is 1. The number of aliphatic hydroxyl groups excluding tert-OH is 4. The molecule has 0 aliphatic carbocycles. The molecule has 0 fully saturated rings. The first-order chi connectivity index (χ1) is 22.1. The van der Waals surface area contributed by atoms with Gasteiger partial charge >= 0.3 is 11.9 Å². The van der Waals surface area contributed by atoms with Crippen LogP contribution in [0.15, 0.2) is 0 Å². The Balaban J connectivity index is -0.00000108. The van der Waals surface area contributed by atoms with E-state index in [4.69, 9.17) is 34.8 Å². The highest BCUT2D eigenvalue weighted by molar-refractivity contribution is 7.87. The molecule has 0 rings (SSSR count). The number of carbonyl (C=O) groups is 2. The van der Waals surface area contributed by atoms with Gasteiger partial charge in [-0.1, -0.05) is 116 Å². The number of aliphatic carboxylic acids is 1. The van der Waals surface area contributed by atoms with Gasteiger partial charge in [0.15, 0.2) is 5.25 Å². The van der Waals surface area contributed by atoms with Crippen LogP contribution in [0.2, 0.25) is 0 Å². The second-order valence-corrected chi connectivity index (χ2v) is 12.8. The Labute approximate surface area is 278 Å². The molecule has 13 nitrogen and oxygen atoms in total. The van der Waals surface area contributed by atoms with Crippen molar-refractivity contribution in [2.75, 3.05) is 59.2 Å². The molecule has 46 heavy (non-hydrogen) atoms. The summed E-state index contributed by atoms with van der Waals surface area (Å²) >= 11 is 0. The minimum Gasteiger partial charge on any atom is -0.480 e. The number of esters is 1. The summed E-state index contributed by atoms with van der Waals surface area (Å²) < 4.78 is 35.5. The molecular formula is C32H68N2O11S. The van der Waals surface area contributed by atoms with E-state index in [9.17, 15) is 18.0 Å². The highest BCUT2D eigenvalue weighted by Crippen LogP contribution is 2.14. The van der Waals surface area contributed by atoms with Gasteiger partial charge in [0.1, 0.15) is 0 Å². The minimum absolute atomic E-state index is 0.134. The highest BCUT2D eigenvalue weighted by atomic mass is 32.2. The standard InChI is InChI=1S/C24H46O7S.2C4H11NO2/c1-2-3-4-5-6-7-8-9-10-11-12-13-14-15-16-17-18-19-20-31-23(25)21-22(24(26)27)32(28,29)30;2*6-3-1-5-2-4-7/h22H,2-21H2,1H3,(H,26,27)(H,28,29,30);2*5-7H,1-4H2. The number of rotatable bonds is 31. The molecule has 0 amide bonds. The maximum Gasteiger partial charge on any atom is 0.325 e. The largest absolute Gasteiger partial charge is 0.480 e. The Morgan fingerprint density at radius 2 is 0.891 bits per heavy atom. The van der Waals surface area contributed by atoms with Crippen molar-refractivity contribution < 1.29 is 52.8 Å². The molecule has 0 radical (unpaired) electrons. The van der Waals surface area contributed by atoms with E-state index in [0.29, 0.717) is 32.6 Å². The molecule has 1 atom stereocenters. The lowest BCUT2D eigenvalue weighted by molar-refractivity contribution is -0.147. The van der Waals surface area contributed by atoms with E-state index in [1.54, 1.807) is 0 Å². The van der Waals surface area contributed by atoms with Crippen LogP contribution in [0.3, 0.4) is 0 Å². The maximum absolute atomic E-state index is 11.5. The SMILES string of the molecule is CCCCCCCCCCCCCCCCCCCCOC(=O)CC(C(=O)O)S(=O)(=O)O.OCCNCCO.OCCNCCO. The summed E-state index contributed by atoms with van der Waals surface area (Å²) in [5, 5.41) is 44.7. The van der Waals surface area contributed by atoms with E-state index < -0.39 is 33.7 Å². The van der Waals surface area contributed by atoms with E-state index in [1.165, 1.54) is 89.9 Å². The second-order valence-electron chi connectivity index (χ2n) is 11.2. The topological polar surface area (TPSA) is 223 Å². The van der Waals surface area contributed by atoms with E-state index in [0.717, 1.165) is 19.3 Å².